The normalized spacial score (nSPS) is 13.0. The Morgan fingerprint density at radius 2 is 1.94 bits per heavy atom. The van der Waals surface area contributed by atoms with Crippen LogP contribution in [0.4, 0.5) is 5.00 Å². The minimum atomic E-state index is -0.263. The fourth-order valence-corrected chi connectivity index (χ4v) is 5.45. The second-order valence-electron chi connectivity index (χ2n) is 7.87. The molecule has 4 aromatic rings. The van der Waals surface area contributed by atoms with E-state index in [-0.39, 0.29) is 11.8 Å². The fraction of sp³-hybridized carbons (Fsp3) is 0.250. The molecule has 0 fully saturated rings. The molecule has 2 N–H and O–H groups in total. The molecule has 3 heterocycles. The van der Waals surface area contributed by atoms with Crippen LogP contribution in [-0.2, 0) is 26.4 Å². The van der Waals surface area contributed by atoms with Crippen LogP contribution < -0.4 is 10.6 Å². The lowest BCUT2D eigenvalue weighted by Crippen LogP contribution is -2.26. The Bertz CT molecular complexity index is 1310. The van der Waals surface area contributed by atoms with Crippen molar-refractivity contribution in [3.63, 3.8) is 0 Å². The van der Waals surface area contributed by atoms with Crippen molar-refractivity contribution < 1.29 is 9.59 Å². The first-order valence-corrected chi connectivity index (χ1v) is 11.5. The topological polar surface area (TPSA) is 88.9 Å². The van der Waals surface area contributed by atoms with Gasteiger partial charge in [-0.25, -0.2) is 4.98 Å². The van der Waals surface area contributed by atoms with Crippen LogP contribution in [0.3, 0.4) is 0 Å². The average Bonchev–Trinajstić information content (AvgIpc) is 3.35. The van der Waals surface area contributed by atoms with Gasteiger partial charge in [0, 0.05) is 24.3 Å². The summed E-state index contributed by atoms with van der Waals surface area (Å²) in [6.07, 6.45) is 7.08. The molecule has 32 heavy (non-hydrogen) atoms. The van der Waals surface area contributed by atoms with Gasteiger partial charge in [0.25, 0.3) is 11.8 Å². The highest BCUT2D eigenvalue weighted by Gasteiger charge is 2.26. The van der Waals surface area contributed by atoms with E-state index in [2.05, 4.69) is 20.6 Å². The van der Waals surface area contributed by atoms with Gasteiger partial charge in [-0.3, -0.25) is 14.6 Å². The summed E-state index contributed by atoms with van der Waals surface area (Å²) in [7, 11) is 1.95. The molecule has 0 bridgehead atoms. The Morgan fingerprint density at radius 1 is 1.09 bits per heavy atom. The van der Waals surface area contributed by atoms with E-state index in [1.165, 1.54) is 22.4 Å². The number of para-hydroxylation sites is 2. The number of benzene rings is 1. The van der Waals surface area contributed by atoms with Gasteiger partial charge in [-0.2, -0.15) is 0 Å². The van der Waals surface area contributed by atoms with Gasteiger partial charge < -0.3 is 15.2 Å². The number of pyridine rings is 1. The molecule has 5 rings (SSSR count). The smallest absolute Gasteiger partial charge is 0.257 e. The van der Waals surface area contributed by atoms with E-state index in [4.69, 9.17) is 0 Å². The highest BCUT2D eigenvalue weighted by Crippen LogP contribution is 2.38. The van der Waals surface area contributed by atoms with Crippen LogP contribution in [0.1, 0.15) is 49.8 Å². The Hall–Kier alpha value is -3.52. The molecule has 7 nitrogen and oxygen atoms in total. The second kappa shape index (κ2) is 8.55. The number of hydrogen-bond donors (Lipinski definition) is 2. The number of fused-ring (bicyclic) bond motifs is 2. The van der Waals surface area contributed by atoms with Crippen molar-refractivity contribution in [2.24, 2.45) is 7.05 Å². The van der Waals surface area contributed by atoms with Crippen molar-refractivity contribution in [2.75, 3.05) is 5.32 Å². The van der Waals surface area contributed by atoms with Crippen molar-refractivity contribution in [1.82, 2.24) is 19.9 Å². The summed E-state index contributed by atoms with van der Waals surface area (Å²) in [6, 6.07) is 11.3. The molecule has 1 aliphatic rings. The summed E-state index contributed by atoms with van der Waals surface area (Å²) in [6.45, 7) is 0.310. The van der Waals surface area contributed by atoms with Gasteiger partial charge in [0.15, 0.2) is 0 Å². The summed E-state index contributed by atoms with van der Waals surface area (Å²) < 4.78 is 1.99. The lowest BCUT2D eigenvalue weighted by atomic mass is 9.95. The largest absolute Gasteiger partial charge is 0.345 e. The van der Waals surface area contributed by atoms with E-state index in [9.17, 15) is 9.59 Å². The molecule has 0 unspecified atom stereocenters. The number of nitrogens with zero attached hydrogens (tertiary/aromatic N) is 3. The van der Waals surface area contributed by atoms with E-state index in [0.717, 1.165) is 48.1 Å². The predicted octanol–water partition coefficient (Wildman–Crippen LogP) is 4.09. The van der Waals surface area contributed by atoms with Crippen LogP contribution in [0.2, 0.25) is 0 Å². The fourth-order valence-electron chi connectivity index (χ4n) is 4.17. The number of hydrogen-bond acceptors (Lipinski definition) is 5. The molecule has 1 aromatic carbocycles. The van der Waals surface area contributed by atoms with Gasteiger partial charge in [0.1, 0.15) is 10.8 Å². The highest BCUT2D eigenvalue weighted by atomic mass is 32.1. The first kappa shape index (κ1) is 20.4. The Balaban J connectivity index is 1.41. The van der Waals surface area contributed by atoms with Gasteiger partial charge >= 0.3 is 0 Å². The molecule has 8 heteroatoms. The third-order valence-electron chi connectivity index (χ3n) is 5.84. The maximum Gasteiger partial charge on any atom is 0.257 e. The van der Waals surface area contributed by atoms with Crippen LogP contribution in [0.25, 0.3) is 11.0 Å². The van der Waals surface area contributed by atoms with E-state index < -0.39 is 0 Å². The number of carbonyl (C=O) groups excluding carboxylic acids is 2. The minimum Gasteiger partial charge on any atom is -0.345 e. The zero-order valence-corrected chi connectivity index (χ0v) is 18.5. The molecule has 162 valence electrons. The number of amides is 2. The zero-order chi connectivity index (χ0) is 22.1. The van der Waals surface area contributed by atoms with E-state index >= 15 is 0 Å². The van der Waals surface area contributed by atoms with Crippen LogP contribution in [-0.4, -0.2) is 26.3 Å². The number of rotatable bonds is 5. The number of aromatic nitrogens is 3. The summed E-state index contributed by atoms with van der Waals surface area (Å²) in [5.74, 6) is 0.337. The number of carbonyl (C=O) groups is 2. The summed E-state index contributed by atoms with van der Waals surface area (Å²) in [5, 5.41) is 6.59. The molecule has 0 saturated heterocycles. The Kier molecular flexibility index (Phi) is 5.45. The minimum absolute atomic E-state index is 0.182. The molecule has 1 aliphatic carbocycles. The first-order chi connectivity index (χ1) is 15.6. The molecule has 0 spiro atoms. The number of aryl methyl sites for hydroxylation is 2. The lowest BCUT2D eigenvalue weighted by Gasteiger charge is -2.13. The third kappa shape index (κ3) is 3.78. The van der Waals surface area contributed by atoms with Gasteiger partial charge in [-0.1, -0.05) is 12.1 Å². The lowest BCUT2D eigenvalue weighted by molar-refractivity contribution is 0.0949. The van der Waals surface area contributed by atoms with Crippen molar-refractivity contribution in [1.29, 1.82) is 0 Å². The van der Waals surface area contributed by atoms with E-state index in [1.54, 1.807) is 18.3 Å². The van der Waals surface area contributed by atoms with Crippen LogP contribution in [0, 0.1) is 0 Å². The summed E-state index contributed by atoms with van der Waals surface area (Å²) in [4.78, 5) is 35.9. The maximum atomic E-state index is 13.3. The van der Waals surface area contributed by atoms with Gasteiger partial charge in [-0.05, 0) is 55.5 Å². The number of thiophene rings is 1. The Labute approximate surface area is 189 Å². The van der Waals surface area contributed by atoms with Crippen LogP contribution in [0.15, 0.2) is 48.8 Å². The zero-order valence-electron chi connectivity index (χ0n) is 17.7. The molecular weight excluding hydrogens is 422 g/mol. The Morgan fingerprint density at radius 3 is 2.75 bits per heavy atom. The highest BCUT2D eigenvalue weighted by molar-refractivity contribution is 7.17. The molecule has 2 amide bonds. The van der Waals surface area contributed by atoms with Crippen molar-refractivity contribution >= 4 is 39.2 Å². The van der Waals surface area contributed by atoms with Gasteiger partial charge in [-0.15, -0.1) is 11.3 Å². The monoisotopic (exact) mass is 445 g/mol. The second-order valence-corrected chi connectivity index (χ2v) is 8.97. The molecule has 3 aromatic heterocycles. The number of anilines is 1. The third-order valence-corrected chi connectivity index (χ3v) is 7.04. The molecular formula is C24H23N5O2S. The van der Waals surface area contributed by atoms with E-state index in [1.807, 2.05) is 35.9 Å². The molecule has 0 aliphatic heterocycles. The predicted molar refractivity (Wildman–Crippen MR) is 125 cm³/mol. The maximum absolute atomic E-state index is 13.3. The standard InChI is InChI=1S/C24H23N5O2S/c1-29-18-10-4-3-9-17(18)27-20(29)14-26-23(31)21-16-8-2-5-11-19(16)32-24(21)28-22(30)15-7-6-12-25-13-15/h3-4,6-7,9-10,12-13H,2,5,8,11,14H2,1H3,(H,26,31)(H,28,30). The summed E-state index contributed by atoms with van der Waals surface area (Å²) in [5.41, 5.74) is 4.03. The average molecular weight is 446 g/mol. The molecule has 0 atom stereocenters. The molecule has 0 radical (unpaired) electrons. The first-order valence-electron chi connectivity index (χ1n) is 10.7. The van der Waals surface area contributed by atoms with Crippen molar-refractivity contribution in [3.8, 4) is 0 Å². The van der Waals surface area contributed by atoms with Crippen molar-refractivity contribution in [2.45, 2.75) is 32.2 Å². The quantitative estimate of drug-likeness (QED) is 0.484. The SMILES string of the molecule is Cn1c(CNC(=O)c2c(NC(=O)c3cccnc3)sc3c2CCCC3)nc2ccccc21. The van der Waals surface area contributed by atoms with Gasteiger partial charge in [0.05, 0.1) is 28.7 Å². The number of nitrogens with one attached hydrogen (secondary N) is 2. The van der Waals surface area contributed by atoms with Crippen LogP contribution >= 0.6 is 11.3 Å². The molecule has 0 saturated carbocycles. The number of imidazole rings is 1. The van der Waals surface area contributed by atoms with Crippen molar-refractivity contribution in [3.05, 3.63) is 76.2 Å². The van der Waals surface area contributed by atoms with E-state index in [0.29, 0.717) is 22.7 Å². The van der Waals surface area contributed by atoms with Crippen LogP contribution in [0.5, 0.6) is 0 Å². The summed E-state index contributed by atoms with van der Waals surface area (Å²) >= 11 is 1.51. The van der Waals surface area contributed by atoms with Gasteiger partial charge in [0.2, 0.25) is 0 Å².